The molecule has 1 saturated carbocycles. The fourth-order valence-corrected chi connectivity index (χ4v) is 4.32. The molecule has 1 aliphatic heterocycles. The quantitative estimate of drug-likeness (QED) is 0.349. The first-order chi connectivity index (χ1) is 13.7. The summed E-state index contributed by atoms with van der Waals surface area (Å²) in [5.74, 6) is 1.81. The third-order valence-corrected chi connectivity index (χ3v) is 5.82. The number of aromatic nitrogens is 2. The average molecular weight is 531 g/mol. The lowest BCUT2D eigenvalue weighted by atomic mass is 10.2. The van der Waals surface area contributed by atoms with Crippen molar-refractivity contribution in [3.8, 4) is 11.4 Å². The van der Waals surface area contributed by atoms with E-state index in [2.05, 4.69) is 30.7 Å². The monoisotopic (exact) mass is 530 g/mol. The van der Waals surface area contributed by atoms with Gasteiger partial charge in [0.1, 0.15) is 0 Å². The van der Waals surface area contributed by atoms with E-state index in [-0.39, 0.29) is 24.0 Å². The predicted molar refractivity (Wildman–Crippen MR) is 126 cm³/mol. The van der Waals surface area contributed by atoms with Crippen molar-refractivity contribution in [1.82, 2.24) is 25.7 Å². The van der Waals surface area contributed by atoms with E-state index in [1.807, 2.05) is 24.3 Å². The topological polar surface area (TPSA) is 78.6 Å². The highest BCUT2D eigenvalue weighted by Crippen LogP contribution is 2.26. The maximum atomic E-state index is 6.03. The number of hydrogen-bond donors (Lipinski definition) is 2. The van der Waals surface area contributed by atoms with Gasteiger partial charge in [-0.15, -0.1) is 24.0 Å². The Morgan fingerprint density at radius 1 is 1.31 bits per heavy atom. The van der Waals surface area contributed by atoms with Gasteiger partial charge in [0.25, 0.3) is 0 Å². The van der Waals surface area contributed by atoms with Crippen molar-refractivity contribution in [3.63, 3.8) is 0 Å². The number of benzene rings is 1. The van der Waals surface area contributed by atoms with Gasteiger partial charge in [0.2, 0.25) is 11.7 Å². The Bertz CT molecular complexity index is 823. The second-order valence-electron chi connectivity index (χ2n) is 7.51. The van der Waals surface area contributed by atoms with Gasteiger partial charge in [0.05, 0.1) is 6.54 Å². The zero-order valence-corrected chi connectivity index (χ0v) is 19.7. The first kappa shape index (κ1) is 22.3. The van der Waals surface area contributed by atoms with Crippen molar-refractivity contribution in [1.29, 1.82) is 0 Å². The van der Waals surface area contributed by atoms with Gasteiger partial charge in [-0.1, -0.05) is 41.7 Å². The molecule has 2 aliphatic rings. The summed E-state index contributed by atoms with van der Waals surface area (Å²) in [7, 11) is 1.78. The maximum absolute atomic E-state index is 6.03. The molecule has 0 radical (unpaired) electrons. The summed E-state index contributed by atoms with van der Waals surface area (Å²) in [5.41, 5.74) is 0.836. The van der Waals surface area contributed by atoms with Crippen LogP contribution in [-0.2, 0) is 6.54 Å². The van der Waals surface area contributed by atoms with Crippen molar-refractivity contribution in [2.45, 2.75) is 50.7 Å². The van der Waals surface area contributed by atoms with Gasteiger partial charge in [-0.25, -0.2) is 0 Å². The summed E-state index contributed by atoms with van der Waals surface area (Å²) in [6.07, 6.45) is 6.61. The number of rotatable bonds is 5. The summed E-state index contributed by atoms with van der Waals surface area (Å²) in [6.45, 7) is 2.68. The van der Waals surface area contributed by atoms with Crippen LogP contribution >= 0.6 is 35.6 Å². The van der Waals surface area contributed by atoms with Crippen LogP contribution < -0.4 is 10.6 Å². The molecule has 29 heavy (non-hydrogen) atoms. The lowest BCUT2D eigenvalue weighted by Crippen LogP contribution is -2.45. The number of halogens is 2. The molecule has 2 aromatic rings. The highest BCUT2D eigenvalue weighted by molar-refractivity contribution is 14.0. The van der Waals surface area contributed by atoms with Gasteiger partial charge >= 0.3 is 0 Å². The smallest absolute Gasteiger partial charge is 0.246 e. The number of guanidine groups is 1. The zero-order chi connectivity index (χ0) is 19.3. The van der Waals surface area contributed by atoms with Gasteiger partial charge in [0.15, 0.2) is 5.96 Å². The lowest BCUT2D eigenvalue weighted by Gasteiger charge is -2.24. The van der Waals surface area contributed by atoms with Crippen molar-refractivity contribution >= 4 is 41.5 Å². The van der Waals surface area contributed by atoms with E-state index in [1.165, 1.54) is 32.2 Å². The Hall–Kier alpha value is -1.39. The minimum absolute atomic E-state index is 0. The summed E-state index contributed by atoms with van der Waals surface area (Å²) in [4.78, 5) is 11.4. The van der Waals surface area contributed by atoms with Crippen LogP contribution in [0.1, 0.15) is 38.0 Å². The van der Waals surface area contributed by atoms with E-state index in [0.717, 1.165) is 30.5 Å². The minimum Gasteiger partial charge on any atom is -0.352 e. The Kier molecular flexibility index (Phi) is 8.14. The van der Waals surface area contributed by atoms with Crippen LogP contribution in [0.5, 0.6) is 0 Å². The van der Waals surface area contributed by atoms with Crippen molar-refractivity contribution < 1.29 is 4.52 Å². The van der Waals surface area contributed by atoms with Crippen LogP contribution in [0.3, 0.4) is 0 Å². The van der Waals surface area contributed by atoms with Crippen LogP contribution in [0.25, 0.3) is 11.4 Å². The van der Waals surface area contributed by atoms with Gasteiger partial charge in [-0.3, -0.25) is 9.89 Å². The average Bonchev–Trinajstić information content (AvgIpc) is 3.46. The Labute approximate surface area is 193 Å². The molecular weight excluding hydrogens is 503 g/mol. The molecule has 0 spiro atoms. The molecule has 1 saturated heterocycles. The third kappa shape index (κ3) is 5.82. The molecule has 4 rings (SSSR count). The van der Waals surface area contributed by atoms with Crippen LogP contribution in [0.2, 0.25) is 5.02 Å². The molecule has 0 bridgehead atoms. The number of nitrogens with zero attached hydrogens (tertiary/aromatic N) is 4. The van der Waals surface area contributed by atoms with E-state index in [1.54, 1.807) is 7.05 Å². The Morgan fingerprint density at radius 3 is 2.90 bits per heavy atom. The van der Waals surface area contributed by atoms with Crippen LogP contribution in [0, 0.1) is 0 Å². The molecule has 1 atom stereocenters. The SMILES string of the molecule is CN=C(NCc1nc(-c2cccc(Cl)c2)no1)NC1CCN(C2CCCC2)C1.I. The van der Waals surface area contributed by atoms with Gasteiger partial charge in [-0.2, -0.15) is 4.98 Å². The molecule has 1 aliphatic carbocycles. The number of nitrogens with one attached hydrogen (secondary N) is 2. The van der Waals surface area contributed by atoms with E-state index in [9.17, 15) is 0 Å². The Morgan fingerprint density at radius 2 is 2.14 bits per heavy atom. The fourth-order valence-electron chi connectivity index (χ4n) is 4.12. The molecule has 0 amide bonds. The Balaban J connectivity index is 0.00000240. The predicted octanol–water partition coefficient (Wildman–Crippen LogP) is 3.69. The number of aliphatic imine (C=N–C) groups is 1. The van der Waals surface area contributed by atoms with Gasteiger partial charge in [0, 0.05) is 42.8 Å². The standard InChI is InChI=1S/C20H27ClN6O.HI/c1-22-20(24-16-9-10-27(13-16)17-7-2-3-8-17)23-12-18-25-19(26-28-18)14-5-4-6-15(21)11-14;/h4-6,11,16-17H,2-3,7-10,12-13H2,1H3,(H2,22,23,24);1H. The molecule has 1 aromatic heterocycles. The minimum atomic E-state index is 0. The summed E-state index contributed by atoms with van der Waals surface area (Å²) in [5, 5.41) is 11.5. The molecule has 2 N–H and O–H groups in total. The van der Waals surface area contributed by atoms with E-state index in [4.69, 9.17) is 16.1 Å². The van der Waals surface area contributed by atoms with Gasteiger partial charge in [-0.05, 0) is 31.4 Å². The molecule has 158 valence electrons. The fraction of sp³-hybridized carbons (Fsp3) is 0.550. The van der Waals surface area contributed by atoms with Crippen LogP contribution in [0.15, 0.2) is 33.8 Å². The molecule has 2 heterocycles. The van der Waals surface area contributed by atoms with Crippen molar-refractivity contribution in [2.24, 2.45) is 4.99 Å². The third-order valence-electron chi connectivity index (χ3n) is 5.58. The maximum Gasteiger partial charge on any atom is 0.246 e. The molecule has 9 heteroatoms. The van der Waals surface area contributed by atoms with Crippen molar-refractivity contribution in [2.75, 3.05) is 20.1 Å². The summed E-state index contributed by atoms with van der Waals surface area (Å²) < 4.78 is 5.35. The largest absolute Gasteiger partial charge is 0.352 e. The van der Waals surface area contributed by atoms with Crippen molar-refractivity contribution in [3.05, 3.63) is 35.2 Å². The molecular formula is C20H28ClIN6O. The highest BCUT2D eigenvalue weighted by atomic mass is 127. The molecule has 2 fully saturated rings. The molecule has 1 aromatic carbocycles. The van der Waals surface area contributed by atoms with Crippen LogP contribution in [-0.4, -0.2) is 53.2 Å². The summed E-state index contributed by atoms with van der Waals surface area (Å²) >= 11 is 6.03. The first-order valence-electron chi connectivity index (χ1n) is 10.0. The highest BCUT2D eigenvalue weighted by Gasteiger charge is 2.30. The van der Waals surface area contributed by atoms with E-state index >= 15 is 0 Å². The second kappa shape index (κ2) is 10.6. The second-order valence-corrected chi connectivity index (χ2v) is 7.95. The van der Waals surface area contributed by atoms with E-state index in [0.29, 0.717) is 29.3 Å². The lowest BCUT2D eigenvalue weighted by molar-refractivity contribution is 0.242. The van der Waals surface area contributed by atoms with E-state index < -0.39 is 0 Å². The molecule has 1 unspecified atom stereocenters. The molecule has 7 nitrogen and oxygen atoms in total. The van der Waals surface area contributed by atoms with Crippen LogP contribution in [0.4, 0.5) is 0 Å². The zero-order valence-electron chi connectivity index (χ0n) is 16.6. The van der Waals surface area contributed by atoms with Gasteiger partial charge < -0.3 is 15.2 Å². The summed E-state index contributed by atoms with van der Waals surface area (Å²) in [6, 6.07) is 8.63. The first-order valence-corrected chi connectivity index (χ1v) is 10.4. The normalized spacial score (nSPS) is 20.6. The number of hydrogen-bond acceptors (Lipinski definition) is 5. The number of likely N-dealkylation sites (tertiary alicyclic amines) is 1.